The zero-order valence-electron chi connectivity index (χ0n) is 18.4. The first-order valence-electron chi connectivity index (χ1n) is 12.1. The summed E-state index contributed by atoms with van der Waals surface area (Å²) < 4.78 is 2.40. The van der Waals surface area contributed by atoms with Gasteiger partial charge in [0.2, 0.25) is 0 Å². The summed E-state index contributed by atoms with van der Waals surface area (Å²) in [5.74, 6) is 0.868. The Morgan fingerprint density at radius 3 is 2.57 bits per heavy atom. The number of benzene rings is 1. The number of fused-ring (bicyclic) bond motifs is 1. The van der Waals surface area contributed by atoms with E-state index < -0.39 is 0 Å². The molecule has 1 amide bonds. The first kappa shape index (κ1) is 20.1. The molecule has 1 N–H and O–H groups in total. The Bertz CT molecular complexity index is 870. The number of hydrogen-bond donors (Lipinski definition) is 1. The van der Waals surface area contributed by atoms with E-state index in [4.69, 9.17) is 0 Å². The summed E-state index contributed by atoms with van der Waals surface area (Å²) in [6.07, 6.45) is 10.2. The lowest BCUT2D eigenvalue weighted by Gasteiger charge is -2.38. The molecule has 3 aliphatic rings. The summed E-state index contributed by atoms with van der Waals surface area (Å²) in [6, 6.07) is 9.71. The highest BCUT2D eigenvalue weighted by atomic mass is 16.2. The van der Waals surface area contributed by atoms with Crippen LogP contribution in [0, 0.1) is 5.92 Å². The van der Waals surface area contributed by atoms with Gasteiger partial charge in [-0.1, -0.05) is 12.8 Å². The summed E-state index contributed by atoms with van der Waals surface area (Å²) in [5, 5.41) is 4.72. The molecule has 1 saturated carbocycles. The van der Waals surface area contributed by atoms with Crippen LogP contribution in [0.15, 0.2) is 30.5 Å². The SMILES string of the molecule is CC(C1CCCNC1)n1ccc2cc(C(=O)N3CCN(C4CCCC4)CC3)ccc21. The van der Waals surface area contributed by atoms with Crippen LogP contribution in [0.25, 0.3) is 10.9 Å². The average molecular weight is 409 g/mol. The van der Waals surface area contributed by atoms with E-state index in [1.165, 1.54) is 49.4 Å². The molecule has 1 aliphatic carbocycles. The Hall–Kier alpha value is -1.85. The van der Waals surface area contributed by atoms with Gasteiger partial charge in [0.25, 0.3) is 5.91 Å². The lowest BCUT2D eigenvalue weighted by atomic mass is 9.92. The lowest BCUT2D eigenvalue weighted by Crippen LogP contribution is -2.51. The van der Waals surface area contributed by atoms with Crippen LogP contribution in [0.2, 0.25) is 0 Å². The first-order chi connectivity index (χ1) is 14.7. The van der Waals surface area contributed by atoms with Crippen LogP contribution in [0.1, 0.15) is 61.8 Å². The van der Waals surface area contributed by atoms with E-state index in [-0.39, 0.29) is 5.91 Å². The van der Waals surface area contributed by atoms with Crippen molar-refractivity contribution in [2.24, 2.45) is 5.92 Å². The minimum Gasteiger partial charge on any atom is -0.344 e. The molecule has 162 valence electrons. The number of rotatable bonds is 4. The van der Waals surface area contributed by atoms with Gasteiger partial charge in [-0.15, -0.1) is 0 Å². The molecule has 0 radical (unpaired) electrons. The van der Waals surface area contributed by atoms with Crippen LogP contribution < -0.4 is 5.32 Å². The second-order valence-electron chi connectivity index (χ2n) is 9.61. The van der Waals surface area contributed by atoms with E-state index in [1.807, 2.05) is 6.07 Å². The summed E-state index contributed by atoms with van der Waals surface area (Å²) in [5.41, 5.74) is 2.08. The predicted octanol–water partition coefficient (Wildman–Crippen LogP) is 3.90. The molecule has 2 aromatic rings. The van der Waals surface area contributed by atoms with Crippen molar-refractivity contribution in [2.45, 2.75) is 57.5 Å². The zero-order chi connectivity index (χ0) is 20.5. The molecular formula is C25H36N4O. The molecule has 1 aromatic carbocycles. The van der Waals surface area contributed by atoms with Gasteiger partial charge in [-0.25, -0.2) is 0 Å². The Morgan fingerprint density at radius 1 is 1.03 bits per heavy atom. The Balaban J connectivity index is 1.26. The van der Waals surface area contributed by atoms with Crippen LogP contribution in [0.4, 0.5) is 0 Å². The molecule has 30 heavy (non-hydrogen) atoms. The van der Waals surface area contributed by atoms with Crippen molar-refractivity contribution >= 4 is 16.8 Å². The number of aromatic nitrogens is 1. The molecule has 5 heteroatoms. The Labute approximate surface area is 180 Å². The summed E-state index contributed by atoms with van der Waals surface area (Å²) in [6.45, 7) is 8.37. The van der Waals surface area contributed by atoms with Crippen molar-refractivity contribution in [3.8, 4) is 0 Å². The molecule has 5 nitrogen and oxygen atoms in total. The molecule has 0 spiro atoms. The molecule has 3 fully saturated rings. The van der Waals surface area contributed by atoms with Crippen molar-refractivity contribution in [1.29, 1.82) is 0 Å². The van der Waals surface area contributed by atoms with E-state index in [9.17, 15) is 4.79 Å². The maximum Gasteiger partial charge on any atom is 0.253 e. The normalized spacial score (nSPS) is 25.1. The monoisotopic (exact) mass is 408 g/mol. The quantitative estimate of drug-likeness (QED) is 0.834. The van der Waals surface area contributed by atoms with Crippen molar-refractivity contribution in [3.63, 3.8) is 0 Å². The molecule has 3 heterocycles. The minimum absolute atomic E-state index is 0.195. The Morgan fingerprint density at radius 2 is 1.83 bits per heavy atom. The first-order valence-corrected chi connectivity index (χ1v) is 12.1. The van der Waals surface area contributed by atoms with E-state index in [1.54, 1.807) is 0 Å². The number of hydrogen-bond acceptors (Lipinski definition) is 3. The average Bonchev–Trinajstić information content (AvgIpc) is 3.49. The number of piperidine rings is 1. The summed E-state index contributed by atoms with van der Waals surface area (Å²) >= 11 is 0. The second-order valence-corrected chi connectivity index (χ2v) is 9.61. The molecule has 0 bridgehead atoms. The van der Waals surface area contributed by atoms with Gasteiger partial charge in [0, 0.05) is 60.9 Å². The number of carbonyl (C=O) groups is 1. The van der Waals surface area contributed by atoms with Crippen molar-refractivity contribution in [2.75, 3.05) is 39.3 Å². The number of nitrogens with zero attached hydrogens (tertiary/aromatic N) is 3. The maximum absolute atomic E-state index is 13.2. The second kappa shape index (κ2) is 8.72. The molecule has 1 aromatic heterocycles. The predicted molar refractivity (Wildman–Crippen MR) is 122 cm³/mol. The fourth-order valence-electron chi connectivity index (χ4n) is 5.91. The largest absolute Gasteiger partial charge is 0.344 e. The summed E-state index contributed by atoms with van der Waals surface area (Å²) in [7, 11) is 0. The topological polar surface area (TPSA) is 40.5 Å². The van der Waals surface area contributed by atoms with Crippen molar-refractivity contribution in [3.05, 3.63) is 36.0 Å². The number of piperazine rings is 1. The van der Waals surface area contributed by atoms with Crippen LogP contribution >= 0.6 is 0 Å². The molecule has 2 atom stereocenters. The third-order valence-corrected chi connectivity index (χ3v) is 7.87. The van der Waals surface area contributed by atoms with Crippen LogP contribution in [0.5, 0.6) is 0 Å². The smallest absolute Gasteiger partial charge is 0.253 e. The molecular weight excluding hydrogens is 372 g/mol. The van der Waals surface area contributed by atoms with E-state index >= 15 is 0 Å². The minimum atomic E-state index is 0.195. The summed E-state index contributed by atoms with van der Waals surface area (Å²) in [4.78, 5) is 17.8. The van der Waals surface area contributed by atoms with Crippen LogP contribution in [0.3, 0.4) is 0 Å². The zero-order valence-corrected chi connectivity index (χ0v) is 18.4. The third kappa shape index (κ3) is 3.90. The highest BCUT2D eigenvalue weighted by molar-refractivity contribution is 5.98. The van der Waals surface area contributed by atoms with Gasteiger partial charge in [0.15, 0.2) is 0 Å². The number of carbonyl (C=O) groups excluding carboxylic acids is 1. The van der Waals surface area contributed by atoms with Gasteiger partial charge in [0.1, 0.15) is 0 Å². The van der Waals surface area contributed by atoms with E-state index in [0.29, 0.717) is 12.0 Å². The molecule has 2 saturated heterocycles. The molecule has 2 aliphatic heterocycles. The van der Waals surface area contributed by atoms with Gasteiger partial charge in [-0.05, 0) is 75.9 Å². The fraction of sp³-hybridized carbons (Fsp3) is 0.640. The van der Waals surface area contributed by atoms with Crippen LogP contribution in [-0.4, -0.2) is 65.6 Å². The standard InChI is InChI=1S/C25H36N4O/c1-19(22-5-4-11-26-18-22)29-12-10-20-17-21(8-9-24(20)29)25(30)28-15-13-27(14-16-28)23-6-2-3-7-23/h8-10,12,17,19,22-23,26H,2-7,11,13-16,18H2,1H3. The maximum atomic E-state index is 13.2. The molecule has 2 unspecified atom stereocenters. The van der Waals surface area contributed by atoms with E-state index in [0.717, 1.165) is 50.9 Å². The Kier molecular flexibility index (Phi) is 5.83. The van der Waals surface area contributed by atoms with Gasteiger partial charge in [-0.3, -0.25) is 9.69 Å². The highest BCUT2D eigenvalue weighted by Gasteiger charge is 2.28. The lowest BCUT2D eigenvalue weighted by molar-refractivity contribution is 0.0573. The highest BCUT2D eigenvalue weighted by Crippen LogP contribution is 2.30. The fourth-order valence-corrected chi connectivity index (χ4v) is 5.91. The third-order valence-electron chi connectivity index (χ3n) is 7.87. The van der Waals surface area contributed by atoms with Gasteiger partial charge in [-0.2, -0.15) is 0 Å². The molecule has 5 rings (SSSR count). The van der Waals surface area contributed by atoms with Crippen molar-refractivity contribution in [1.82, 2.24) is 19.7 Å². The van der Waals surface area contributed by atoms with Gasteiger partial charge in [0.05, 0.1) is 0 Å². The number of amides is 1. The van der Waals surface area contributed by atoms with Crippen LogP contribution in [-0.2, 0) is 0 Å². The van der Waals surface area contributed by atoms with Crippen molar-refractivity contribution < 1.29 is 4.79 Å². The van der Waals surface area contributed by atoms with Gasteiger partial charge >= 0.3 is 0 Å². The van der Waals surface area contributed by atoms with E-state index in [2.05, 4.69) is 51.0 Å². The van der Waals surface area contributed by atoms with Gasteiger partial charge < -0.3 is 14.8 Å². The number of nitrogens with one attached hydrogen (secondary N) is 1.